The Morgan fingerprint density at radius 3 is 1.55 bits per heavy atom. The summed E-state index contributed by atoms with van der Waals surface area (Å²) in [5, 5.41) is 8.73. The number of rotatable bonds is 32. The van der Waals surface area contributed by atoms with Crippen LogP contribution in [0.25, 0.3) is 0 Å². The fourth-order valence-electron chi connectivity index (χ4n) is 5.26. The highest BCUT2D eigenvalue weighted by Gasteiger charge is 2.14. The SMILES string of the molecule is CC/C=C\C/C=C\C/C=C\CCCCCCCCCCCC(=O)OC(CCCCCC)CCCCCCCCC(=O)O. The molecule has 0 bridgehead atoms. The summed E-state index contributed by atoms with van der Waals surface area (Å²) in [5.41, 5.74) is 0. The van der Waals surface area contributed by atoms with Crippen LogP contribution < -0.4 is 0 Å². The number of allylic oxidation sites excluding steroid dienone is 6. The van der Waals surface area contributed by atoms with Crippen molar-refractivity contribution in [2.75, 3.05) is 0 Å². The Kier molecular flexibility index (Phi) is 32.2. The molecule has 0 aromatic rings. The number of carbonyl (C=O) groups excluding carboxylic acids is 1. The number of hydrogen-bond donors (Lipinski definition) is 1. The molecule has 1 atom stereocenters. The lowest BCUT2D eigenvalue weighted by atomic mass is 10.0. The molecular formula is C38H68O4. The van der Waals surface area contributed by atoms with Crippen LogP contribution in [-0.4, -0.2) is 23.1 Å². The highest BCUT2D eigenvalue weighted by atomic mass is 16.5. The maximum absolute atomic E-state index is 12.5. The van der Waals surface area contributed by atoms with Crippen molar-refractivity contribution >= 4 is 11.9 Å². The first-order chi connectivity index (χ1) is 20.6. The first kappa shape index (κ1) is 40.2. The van der Waals surface area contributed by atoms with Gasteiger partial charge in [0.05, 0.1) is 0 Å². The maximum atomic E-state index is 12.5. The highest BCUT2D eigenvalue weighted by molar-refractivity contribution is 5.69. The van der Waals surface area contributed by atoms with Crippen LogP contribution >= 0.6 is 0 Å². The average Bonchev–Trinajstić information content (AvgIpc) is 2.97. The molecule has 0 aromatic carbocycles. The Bertz CT molecular complexity index is 679. The number of carboxylic acids is 1. The van der Waals surface area contributed by atoms with Crippen molar-refractivity contribution < 1.29 is 19.4 Å². The van der Waals surface area contributed by atoms with E-state index in [1.165, 1.54) is 70.6 Å². The zero-order valence-corrected chi connectivity index (χ0v) is 27.8. The molecule has 0 aliphatic rings. The van der Waals surface area contributed by atoms with Gasteiger partial charge in [-0.1, -0.05) is 140 Å². The van der Waals surface area contributed by atoms with E-state index in [4.69, 9.17) is 9.84 Å². The first-order valence-corrected chi connectivity index (χ1v) is 18.0. The van der Waals surface area contributed by atoms with E-state index in [1.807, 2.05) is 0 Å². The summed E-state index contributed by atoms with van der Waals surface area (Å²) < 4.78 is 5.92. The summed E-state index contributed by atoms with van der Waals surface area (Å²) >= 11 is 0. The number of esters is 1. The minimum atomic E-state index is -0.696. The van der Waals surface area contributed by atoms with Crippen LogP contribution in [0.5, 0.6) is 0 Å². The normalized spacial score (nSPS) is 12.6. The molecule has 0 aliphatic heterocycles. The fraction of sp³-hybridized carbons (Fsp3) is 0.789. The van der Waals surface area contributed by atoms with Crippen molar-refractivity contribution in [1.29, 1.82) is 0 Å². The Balaban J connectivity index is 3.77. The van der Waals surface area contributed by atoms with Gasteiger partial charge in [-0.05, 0) is 70.6 Å². The molecule has 42 heavy (non-hydrogen) atoms. The molecule has 0 amide bonds. The molecule has 0 heterocycles. The third-order valence-electron chi connectivity index (χ3n) is 7.88. The Morgan fingerprint density at radius 2 is 1.00 bits per heavy atom. The number of ether oxygens (including phenoxy) is 1. The van der Waals surface area contributed by atoms with Crippen molar-refractivity contribution in [3.8, 4) is 0 Å². The summed E-state index contributed by atoms with van der Waals surface area (Å²) in [6, 6.07) is 0. The van der Waals surface area contributed by atoms with Crippen LogP contribution in [0.2, 0.25) is 0 Å². The van der Waals surface area contributed by atoms with Gasteiger partial charge in [0.1, 0.15) is 6.10 Å². The van der Waals surface area contributed by atoms with Crippen molar-refractivity contribution in [3.05, 3.63) is 36.5 Å². The molecule has 244 valence electrons. The fourth-order valence-corrected chi connectivity index (χ4v) is 5.26. The highest BCUT2D eigenvalue weighted by Crippen LogP contribution is 2.18. The van der Waals surface area contributed by atoms with Crippen LogP contribution in [0.15, 0.2) is 36.5 Å². The summed E-state index contributed by atoms with van der Waals surface area (Å²) in [7, 11) is 0. The van der Waals surface area contributed by atoms with E-state index in [2.05, 4.69) is 50.3 Å². The van der Waals surface area contributed by atoms with Gasteiger partial charge in [0.2, 0.25) is 0 Å². The molecule has 4 heteroatoms. The topological polar surface area (TPSA) is 63.6 Å². The predicted octanol–water partition coefficient (Wildman–Crippen LogP) is 12.2. The molecule has 1 unspecified atom stereocenters. The third kappa shape index (κ3) is 32.7. The molecular weight excluding hydrogens is 520 g/mol. The monoisotopic (exact) mass is 589 g/mol. The van der Waals surface area contributed by atoms with Crippen LogP contribution in [-0.2, 0) is 14.3 Å². The molecule has 0 fully saturated rings. The van der Waals surface area contributed by atoms with Gasteiger partial charge in [-0.15, -0.1) is 0 Å². The van der Waals surface area contributed by atoms with Gasteiger partial charge < -0.3 is 9.84 Å². The molecule has 4 nitrogen and oxygen atoms in total. The van der Waals surface area contributed by atoms with Gasteiger partial charge in [0.25, 0.3) is 0 Å². The van der Waals surface area contributed by atoms with E-state index in [0.29, 0.717) is 6.42 Å². The number of carboxylic acid groups (broad SMARTS) is 1. The van der Waals surface area contributed by atoms with Crippen molar-refractivity contribution in [3.63, 3.8) is 0 Å². The van der Waals surface area contributed by atoms with Crippen LogP contribution in [0.3, 0.4) is 0 Å². The standard InChI is InChI=1S/C38H68O4/c1-3-5-7-9-10-11-12-13-14-15-16-17-18-19-20-21-22-27-31-35-38(41)42-36(32-28-8-6-4-2)33-29-25-23-24-26-30-34-37(39)40/h5,7,10-11,13-14,36H,3-4,6,8-9,12,15-35H2,1-2H3,(H,39,40)/b7-5-,11-10-,14-13-. The second-order valence-electron chi connectivity index (χ2n) is 12.0. The van der Waals surface area contributed by atoms with E-state index in [-0.39, 0.29) is 18.5 Å². The number of hydrogen-bond acceptors (Lipinski definition) is 3. The van der Waals surface area contributed by atoms with Crippen molar-refractivity contribution in [2.45, 2.75) is 193 Å². The number of carbonyl (C=O) groups is 2. The van der Waals surface area contributed by atoms with E-state index >= 15 is 0 Å². The summed E-state index contributed by atoms with van der Waals surface area (Å²) in [4.78, 5) is 23.1. The van der Waals surface area contributed by atoms with E-state index in [9.17, 15) is 9.59 Å². The van der Waals surface area contributed by atoms with Gasteiger partial charge in [-0.25, -0.2) is 0 Å². The lowest BCUT2D eigenvalue weighted by molar-refractivity contribution is -0.150. The molecule has 0 aliphatic carbocycles. The second kappa shape index (κ2) is 33.7. The van der Waals surface area contributed by atoms with Crippen LogP contribution in [0.4, 0.5) is 0 Å². The summed E-state index contributed by atoms with van der Waals surface area (Å²) in [6.07, 6.45) is 43.2. The summed E-state index contributed by atoms with van der Waals surface area (Å²) in [6.45, 7) is 4.39. The quantitative estimate of drug-likeness (QED) is 0.0482. The lowest BCUT2D eigenvalue weighted by Crippen LogP contribution is -2.18. The van der Waals surface area contributed by atoms with Crippen molar-refractivity contribution in [1.82, 2.24) is 0 Å². The molecule has 0 rings (SSSR count). The largest absolute Gasteiger partial charge is 0.481 e. The van der Waals surface area contributed by atoms with E-state index in [0.717, 1.165) is 89.9 Å². The van der Waals surface area contributed by atoms with Crippen molar-refractivity contribution in [2.24, 2.45) is 0 Å². The summed E-state index contributed by atoms with van der Waals surface area (Å²) in [5.74, 6) is -0.697. The maximum Gasteiger partial charge on any atom is 0.306 e. The molecule has 1 N–H and O–H groups in total. The Hall–Kier alpha value is -1.84. The zero-order valence-electron chi connectivity index (χ0n) is 27.8. The van der Waals surface area contributed by atoms with Gasteiger partial charge >= 0.3 is 11.9 Å². The van der Waals surface area contributed by atoms with Gasteiger partial charge in [0.15, 0.2) is 0 Å². The number of unbranched alkanes of at least 4 members (excludes halogenated alkanes) is 17. The third-order valence-corrected chi connectivity index (χ3v) is 7.88. The molecule has 0 radical (unpaired) electrons. The lowest BCUT2D eigenvalue weighted by Gasteiger charge is -2.18. The molecule has 0 aromatic heterocycles. The van der Waals surface area contributed by atoms with Gasteiger partial charge in [0, 0.05) is 12.8 Å². The zero-order chi connectivity index (χ0) is 30.8. The van der Waals surface area contributed by atoms with Gasteiger partial charge in [-0.3, -0.25) is 9.59 Å². The van der Waals surface area contributed by atoms with E-state index in [1.54, 1.807) is 0 Å². The Morgan fingerprint density at radius 1 is 0.548 bits per heavy atom. The molecule has 0 spiro atoms. The number of aliphatic carboxylic acids is 1. The smallest absolute Gasteiger partial charge is 0.306 e. The minimum Gasteiger partial charge on any atom is -0.481 e. The Labute approximate surface area is 260 Å². The first-order valence-electron chi connectivity index (χ1n) is 18.0. The molecule has 0 saturated heterocycles. The second-order valence-corrected chi connectivity index (χ2v) is 12.0. The minimum absolute atomic E-state index is 0.00152. The molecule has 0 saturated carbocycles. The average molecular weight is 589 g/mol. The van der Waals surface area contributed by atoms with Crippen LogP contribution in [0.1, 0.15) is 187 Å². The predicted molar refractivity (Wildman–Crippen MR) is 181 cm³/mol. The van der Waals surface area contributed by atoms with Crippen LogP contribution in [0, 0.1) is 0 Å². The van der Waals surface area contributed by atoms with Gasteiger partial charge in [-0.2, -0.15) is 0 Å². The van der Waals surface area contributed by atoms with E-state index < -0.39 is 5.97 Å².